The number of aliphatic carboxylic acids is 1. The summed E-state index contributed by atoms with van der Waals surface area (Å²) in [5.41, 5.74) is 1.63. The molecule has 0 radical (unpaired) electrons. The van der Waals surface area contributed by atoms with Crippen molar-refractivity contribution in [3.8, 4) is 0 Å². The number of benzene rings is 1. The Bertz CT molecular complexity index is 534. The van der Waals surface area contributed by atoms with E-state index >= 15 is 0 Å². The van der Waals surface area contributed by atoms with Crippen LogP contribution in [-0.4, -0.2) is 29.3 Å². The minimum atomic E-state index is -1.40. The van der Waals surface area contributed by atoms with Crippen molar-refractivity contribution in [1.82, 2.24) is 0 Å². The van der Waals surface area contributed by atoms with Crippen LogP contribution in [0.5, 0.6) is 0 Å². The molecule has 0 saturated carbocycles. The molecule has 1 amide bonds. The number of hydrogen-bond donors (Lipinski definition) is 1. The maximum absolute atomic E-state index is 11.9. The van der Waals surface area contributed by atoms with Gasteiger partial charge in [-0.15, -0.1) is 11.8 Å². The topological polar surface area (TPSA) is 57.6 Å². The molecule has 1 aliphatic heterocycles. The van der Waals surface area contributed by atoms with Crippen LogP contribution < -0.4 is 4.90 Å². The zero-order chi connectivity index (χ0) is 14.2. The molecule has 0 atom stereocenters. The van der Waals surface area contributed by atoms with E-state index in [4.69, 9.17) is 5.11 Å². The first-order valence-corrected chi connectivity index (χ1v) is 7.12. The zero-order valence-electron chi connectivity index (χ0n) is 11.3. The molecule has 0 saturated heterocycles. The Hall–Kier alpha value is -1.49. The molecular formula is C14H17NO3S. The lowest BCUT2D eigenvalue weighted by molar-refractivity contribution is -0.148. The van der Waals surface area contributed by atoms with Crippen molar-refractivity contribution in [2.75, 3.05) is 17.2 Å². The number of anilines is 1. The van der Waals surface area contributed by atoms with Gasteiger partial charge in [-0.2, -0.15) is 0 Å². The fourth-order valence-corrected chi connectivity index (χ4v) is 3.23. The largest absolute Gasteiger partial charge is 0.474 e. The second-order valence-electron chi connectivity index (χ2n) is 5.51. The maximum atomic E-state index is 11.9. The molecule has 0 aromatic heterocycles. The van der Waals surface area contributed by atoms with Gasteiger partial charge in [0.15, 0.2) is 0 Å². The van der Waals surface area contributed by atoms with Gasteiger partial charge in [-0.1, -0.05) is 32.9 Å². The van der Waals surface area contributed by atoms with Crippen molar-refractivity contribution >= 4 is 29.3 Å². The van der Waals surface area contributed by atoms with Gasteiger partial charge < -0.3 is 10.0 Å². The highest BCUT2D eigenvalue weighted by Gasteiger charge is 2.32. The van der Waals surface area contributed by atoms with E-state index in [9.17, 15) is 9.59 Å². The van der Waals surface area contributed by atoms with E-state index in [0.29, 0.717) is 6.54 Å². The van der Waals surface area contributed by atoms with Crippen molar-refractivity contribution < 1.29 is 14.7 Å². The van der Waals surface area contributed by atoms with Crippen LogP contribution >= 0.6 is 11.8 Å². The number of rotatable bonds is 0. The maximum Gasteiger partial charge on any atom is 0.394 e. The Labute approximate surface area is 116 Å². The lowest BCUT2D eigenvalue weighted by Gasteiger charge is -2.33. The molecule has 0 bridgehead atoms. The van der Waals surface area contributed by atoms with Crippen molar-refractivity contribution in [2.45, 2.75) is 31.1 Å². The molecule has 0 aliphatic carbocycles. The number of carbonyl (C=O) groups excluding carboxylic acids is 1. The fraction of sp³-hybridized carbons (Fsp3) is 0.429. The van der Waals surface area contributed by atoms with Gasteiger partial charge in [0, 0.05) is 17.2 Å². The molecule has 4 nitrogen and oxygen atoms in total. The monoisotopic (exact) mass is 279 g/mol. The summed E-state index contributed by atoms with van der Waals surface area (Å²) in [4.78, 5) is 25.2. The van der Waals surface area contributed by atoms with Gasteiger partial charge in [0.2, 0.25) is 0 Å². The van der Waals surface area contributed by atoms with Crippen LogP contribution in [0, 0.1) is 0 Å². The highest BCUT2D eigenvalue weighted by Crippen LogP contribution is 2.42. The van der Waals surface area contributed by atoms with Crippen LogP contribution in [0.25, 0.3) is 0 Å². The molecule has 0 spiro atoms. The van der Waals surface area contributed by atoms with Crippen LogP contribution in [0.1, 0.15) is 26.3 Å². The first-order valence-electron chi connectivity index (χ1n) is 6.13. The number of carboxylic acid groups (broad SMARTS) is 1. The van der Waals surface area contributed by atoms with Gasteiger partial charge >= 0.3 is 11.9 Å². The average molecular weight is 279 g/mol. The summed E-state index contributed by atoms with van der Waals surface area (Å²) in [7, 11) is 0. The summed E-state index contributed by atoms with van der Waals surface area (Å²) in [6, 6.07) is 5.87. The first-order chi connectivity index (χ1) is 8.82. The standard InChI is InChI=1S/C14H17NO3S/c1-14(2,3)9-5-4-6-10-11(9)15(7-8-19-10)12(16)13(17)18/h4-6H,7-8H2,1-3H3,(H,17,18). The van der Waals surface area contributed by atoms with Crippen molar-refractivity contribution in [1.29, 1.82) is 0 Å². The predicted octanol–water partition coefficient (Wildman–Crippen LogP) is 2.51. The number of carboxylic acids is 1. The summed E-state index contributed by atoms with van der Waals surface area (Å²) in [6.07, 6.45) is 0. The van der Waals surface area contributed by atoms with E-state index in [0.717, 1.165) is 21.9 Å². The molecule has 19 heavy (non-hydrogen) atoms. The van der Waals surface area contributed by atoms with Gasteiger partial charge in [0.25, 0.3) is 0 Å². The molecule has 1 heterocycles. The van der Waals surface area contributed by atoms with E-state index in [1.54, 1.807) is 11.8 Å². The number of amides is 1. The Morgan fingerprint density at radius 1 is 1.32 bits per heavy atom. The summed E-state index contributed by atoms with van der Waals surface area (Å²) >= 11 is 1.67. The minimum absolute atomic E-state index is 0.139. The van der Waals surface area contributed by atoms with E-state index in [1.807, 2.05) is 18.2 Å². The quantitative estimate of drug-likeness (QED) is 0.741. The number of hydrogen-bond acceptors (Lipinski definition) is 3. The van der Waals surface area contributed by atoms with Gasteiger partial charge in [-0.25, -0.2) is 4.79 Å². The lowest BCUT2D eigenvalue weighted by atomic mass is 9.85. The van der Waals surface area contributed by atoms with Crippen molar-refractivity contribution in [3.63, 3.8) is 0 Å². The van der Waals surface area contributed by atoms with E-state index in [2.05, 4.69) is 20.8 Å². The van der Waals surface area contributed by atoms with Crippen LogP contribution in [0.3, 0.4) is 0 Å². The number of carbonyl (C=O) groups is 2. The summed E-state index contributed by atoms with van der Waals surface area (Å²) in [6.45, 7) is 6.62. The zero-order valence-corrected chi connectivity index (χ0v) is 12.1. The van der Waals surface area contributed by atoms with E-state index < -0.39 is 11.9 Å². The van der Waals surface area contributed by atoms with Crippen LogP contribution in [0.4, 0.5) is 5.69 Å². The lowest BCUT2D eigenvalue weighted by Crippen LogP contribution is -2.41. The highest BCUT2D eigenvalue weighted by molar-refractivity contribution is 7.99. The molecule has 1 N–H and O–H groups in total. The number of nitrogens with zero attached hydrogens (tertiary/aromatic N) is 1. The second kappa shape index (κ2) is 4.89. The van der Waals surface area contributed by atoms with Gasteiger partial charge in [-0.05, 0) is 17.0 Å². The normalized spacial score (nSPS) is 15.0. The van der Waals surface area contributed by atoms with Crippen molar-refractivity contribution in [3.05, 3.63) is 23.8 Å². The third kappa shape index (κ3) is 2.61. The van der Waals surface area contributed by atoms with Crippen LogP contribution in [0.2, 0.25) is 0 Å². The first kappa shape index (κ1) is 13.9. The van der Waals surface area contributed by atoms with E-state index in [-0.39, 0.29) is 5.41 Å². The molecule has 2 rings (SSSR count). The SMILES string of the molecule is CC(C)(C)c1cccc2c1N(C(=O)C(=O)O)CCS2. The Morgan fingerprint density at radius 2 is 2.00 bits per heavy atom. The Kier molecular flexibility index (Phi) is 3.58. The molecule has 0 fully saturated rings. The third-order valence-corrected chi connectivity index (χ3v) is 4.10. The summed E-state index contributed by atoms with van der Waals surface area (Å²) in [5, 5.41) is 8.96. The molecular weight excluding hydrogens is 262 g/mol. The highest BCUT2D eigenvalue weighted by atomic mass is 32.2. The third-order valence-electron chi connectivity index (χ3n) is 3.08. The smallest absolute Gasteiger partial charge is 0.394 e. The molecule has 1 aromatic rings. The minimum Gasteiger partial charge on any atom is -0.474 e. The summed E-state index contributed by atoms with van der Waals surface area (Å²) in [5.74, 6) is -1.53. The van der Waals surface area contributed by atoms with Crippen molar-refractivity contribution in [2.24, 2.45) is 0 Å². The molecule has 5 heteroatoms. The molecule has 1 aromatic carbocycles. The van der Waals surface area contributed by atoms with Crippen LogP contribution in [-0.2, 0) is 15.0 Å². The molecule has 102 valence electrons. The van der Waals surface area contributed by atoms with Gasteiger partial charge in [-0.3, -0.25) is 4.79 Å². The number of para-hydroxylation sites is 1. The van der Waals surface area contributed by atoms with Crippen LogP contribution in [0.15, 0.2) is 23.1 Å². The fourth-order valence-electron chi connectivity index (χ4n) is 2.20. The Morgan fingerprint density at radius 3 is 2.58 bits per heavy atom. The summed E-state index contributed by atoms with van der Waals surface area (Å²) < 4.78 is 0. The van der Waals surface area contributed by atoms with Gasteiger partial charge in [0.1, 0.15) is 0 Å². The predicted molar refractivity (Wildman–Crippen MR) is 75.9 cm³/mol. The molecule has 0 unspecified atom stereocenters. The number of thioether (sulfide) groups is 1. The number of fused-ring (bicyclic) bond motifs is 1. The molecule has 1 aliphatic rings. The van der Waals surface area contributed by atoms with Gasteiger partial charge in [0.05, 0.1) is 5.69 Å². The average Bonchev–Trinajstić information content (AvgIpc) is 2.35. The second-order valence-corrected chi connectivity index (χ2v) is 6.65. The van der Waals surface area contributed by atoms with E-state index in [1.165, 1.54) is 4.90 Å². The Balaban J connectivity index is 2.59.